The highest BCUT2D eigenvalue weighted by Gasteiger charge is 2.32. The second-order valence-electron chi connectivity index (χ2n) is 24.3. The molecular weight excluding hydrogens is 1500 g/mol. The number of fused-ring (bicyclic) bond motifs is 7. The molecule has 5 aromatic heterocycles. The summed E-state index contributed by atoms with van der Waals surface area (Å²) in [5.41, 5.74) is 49.0. The summed E-state index contributed by atoms with van der Waals surface area (Å²) in [5.74, 6) is 4.83. The van der Waals surface area contributed by atoms with Gasteiger partial charge in [-0.15, -0.1) is 0 Å². The van der Waals surface area contributed by atoms with E-state index in [1.54, 1.807) is 30.3 Å². The van der Waals surface area contributed by atoms with Crippen molar-refractivity contribution in [3.63, 3.8) is 0 Å². The van der Waals surface area contributed by atoms with Gasteiger partial charge in [-0.05, 0) is 114 Å². The number of rotatable bonds is 6. The lowest BCUT2D eigenvalue weighted by Gasteiger charge is -2.20. The minimum absolute atomic E-state index is 0.230. The molecule has 10 N–H and O–H groups in total. The molecular formula is C71H63Cl10N15O5. The van der Waals surface area contributed by atoms with Crippen LogP contribution in [0.2, 0.25) is 50.2 Å². The molecule has 0 radical (unpaired) electrons. The lowest BCUT2D eigenvalue weighted by molar-refractivity contribution is 0.357. The monoisotopic (exact) mass is 1560 g/mol. The van der Waals surface area contributed by atoms with Crippen LogP contribution in [0.5, 0.6) is 28.7 Å². The van der Waals surface area contributed by atoms with Crippen LogP contribution in [0.4, 0.5) is 29.7 Å². The Morgan fingerprint density at radius 1 is 0.297 bits per heavy atom. The fraction of sp³-hybridized carbons (Fsp3) is 0.296. The van der Waals surface area contributed by atoms with Crippen LogP contribution in [0.1, 0.15) is 93.6 Å². The van der Waals surface area contributed by atoms with Gasteiger partial charge in [0, 0.05) is 127 Å². The number of hydrogen-bond acceptors (Lipinski definition) is 20. The average molecular weight is 1560 g/mol. The molecule has 10 heterocycles. The molecule has 17 rings (SSSR count). The maximum absolute atomic E-state index is 6.50. The Morgan fingerprint density at radius 2 is 0.584 bits per heavy atom. The van der Waals surface area contributed by atoms with E-state index in [2.05, 4.69) is 49.8 Å². The minimum Gasteiger partial charge on any atom is -0.491 e. The Hall–Kier alpha value is -7.60. The summed E-state index contributed by atoms with van der Waals surface area (Å²) in [5, 5.41) is 5.53. The van der Waals surface area contributed by atoms with E-state index >= 15 is 0 Å². The number of nitrogen functional groups attached to an aromatic ring is 5. The SMILES string of the molecule is CCc1cc(-c2c(Cl)cc(Cl)c3c2CCO3)nc(N)n1.Cc1cc(-c2c(Cl)cc(Cl)c3c2CCO3)nc(N)n1.Cc1cc(-c2c(Cl)cc(Cl)c3c2CCO3)nc(N)n1.Nc1nc2c(c(-c3c(Cl)cc(Cl)c4c3CCO4)n1)CCC2.Nc1nc2c(c(-c3c(Cl)cc(Cl)c4c3CCO4)n1)CCCC2. The Morgan fingerprint density at radius 3 is 0.931 bits per heavy atom. The van der Waals surface area contributed by atoms with Crippen LogP contribution < -0.4 is 52.4 Å². The first-order valence-corrected chi connectivity index (χ1v) is 36.2. The van der Waals surface area contributed by atoms with Crippen molar-refractivity contribution in [1.29, 1.82) is 0 Å². The maximum atomic E-state index is 6.50. The Labute approximate surface area is 631 Å². The second kappa shape index (κ2) is 30.4. The van der Waals surface area contributed by atoms with Gasteiger partial charge >= 0.3 is 0 Å². The summed E-state index contributed by atoms with van der Waals surface area (Å²) < 4.78 is 27.9. The molecule has 7 aliphatic rings. The van der Waals surface area contributed by atoms with Gasteiger partial charge in [0.05, 0.1) is 112 Å². The van der Waals surface area contributed by atoms with Crippen molar-refractivity contribution in [3.05, 3.63) is 166 Å². The molecule has 522 valence electrons. The van der Waals surface area contributed by atoms with Gasteiger partial charge in [-0.25, -0.2) is 49.8 Å². The first kappa shape index (κ1) is 71.8. The largest absolute Gasteiger partial charge is 0.491 e. The second-order valence-corrected chi connectivity index (χ2v) is 28.4. The highest BCUT2D eigenvalue weighted by Crippen LogP contribution is 2.51. The smallest absolute Gasteiger partial charge is 0.220 e. The summed E-state index contributed by atoms with van der Waals surface area (Å²) in [7, 11) is 0. The quantitative estimate of drug-likeness (QED) is 0.103. The topological polar surface area (TPSA) is 305 Å². The standard InChI is InChI=1S/C16H15Cl2N3O.C15H13Cl2N3O.C14H13Cl2N3O.2C13H11Cl2N3O/c17-10-7-11(18)15-9(5-6-22-15)13(10)14-8-3-1-2-4-12(8)20-16(19)21-14;16-9-6-10(17)14-8(4-5-21-14)12(9)13-7-2-1-3-11(7)19-15(18)20-13;1-2-7-5-11(19-14(17)18-7)12-8-3-4-20-13(8)10(16)6-9(12)15;2*1-6-4-10(18-13(16)17-6)11-7-2-3-19-12(7)9(15)5-8(11)14/h7H,1-6H2,(H2,19,20,21);6H,1-5H2,(H2,18,19,20);5-6H,2-4H2,1H3,(H2,17,18,19);2*4-5H,2-3H2,1H3,(H2,16,17,18). The van der Waals surface area contributed by atoms with E-state index in [-0.39, 0.29) is 17.8 Å². The van der Waals surface area contributed by atoms with Gasteiger partial charge in [-0.1, -0.05) is 123 Å². The van der Waals surface area contributed by atoms with Crippen molar-refractivity contribution in [3.8, 4) is 85.0 Å². The molecule has 0 bridgehead atoms. The Balaban J connectivity index is 0.000000113. The van der Waals surface area contributed by atoms with Gasteiger partial charge in [0.2, 0.25) is 29.7 Å². The molecule has 0 saturated carbocycles. The van der Waals surface area contributed by atoms with Crippen LogP contribution in [0.25, 0.3) is 56.3 Å². The Kier molecular flexibility index (Phi) is 21.6. The number of aromatic nitrogens is 10. The third-order valence-corrected chi connectivity index (χ3v) is 20.6. The van der Waals surface area contributed by atoms with Crippen LogP contribution in [-0.2, 0) is 64.2 Å². The number of aryl methyl sites for hydroxylation is 5. The van der Waals surface area contributed by atoms with E-state index in [4.69, 9.17) is 168 Å². The zero-order valence-electron chi connectivity index (χ0n) is 54.5. The van der Waals surface area contributed by atoms with Crippen LogP contribution in [0, 0.1) is 13.8 Å². The summed E-state index contributed by atoms with van der Waals surface area (Å²) in [6.07, 6.45) is 11.8. The highest BCUT2D eigenvalue weighted by molar-refractivity contribution is 6.40. The normalized spacial score (nSPS) is 14.3. The molecule has 0 saturated heterocycles. The number of benzene rings is 5. The van der Waals surface area contributed by atoms with Crippen LogP contribution in [0.15, 0.2) is 48.5 Å². The predicted molar refractivity (Wildman–Crippen MR) is 403 cm³/mol. The van der Waals surface area contributed by atoms with Gasteiger partial charge in [0.15, 0.2) is 0 Å². The van der Waals surface area contributed by atoms with Gasteiger partial charge in [0.25, 0.3) is 0 Å². The van der Waals surface area contributed by atoms with Gasteiger partial charge in [-0.3, -0.25) is 0 Å². The van der Waals surface area contributed by atoms with Crippen LogP contribution >= 0.6 is 116 Å². The zero-order valence-corrected chi connectivity index (χ0v) is 62.1. The zero-order chi connectivity index (χ0) is 71.2. The van der Waals surface area contributed by atoms with E-state index in [1.165, 1.54) is 5.56 Å². The summed E-state index contributed by atoms with van der Waals surface area (Å²) in [4.78, 5) is 42.9. The molecule has 0 amide bonds. The summed E-state index contributed by atoms with van der Waals surface area (Å²) in [6, 6.07) is 14.1. The summed E-state index contributed by atoms with van der Waals surface area (Å²) >= 11 is 62.8. The van der Waals surface area contributed by atoms with E-state index in [0.29, 0.717) is 124 Å². The van der Waals surface area contributed by atoms with Crippen molar-refractivity contribution in [2.24, 2.45) is 0 Å². The molecule has 20 nitrogen and oxygen atoms in total. The fourth-order valence-electron chi connectivity index (χ4n) is 13.6. The number of nitrogens with zero attached hydrogens (tertiary/aromatic N) is 10. The van der Waals surface area contributed by atoms with Crippen molar-refractivity contribution in [2.75, 3.05) is 61.7 Å². The average Bonchev–Trinajstić information content (AvgIpc) is 1.72. The molecule has 2 aliphatic carbocycles. The van der Waals surface area contributed by atoms with Gasteiger partial charge in [0.1, 0.15) is 28.7 Å². The van der Waals surface area contributed by atoms with E-state index in [9.17, 15) is 0 Å². The van der Waals surface area contributed by atoms with Crippen molar-refractivity contribution in [2.45, 2.75) is 104 Å². The van der Waals surface area contributed by atoms with Crippen molar-refractivity contribution < 1.29 is 23.7 Å². The molecule has 0 unspecified atom stereocenters. The van der Waals surface area contributed by atoms with Gasteiger partial charge < -0.3 is 52.4 Å². The number of hydrogen-bond donors (Lipinski definition) is 5. The van der Waals surface area contributed by atoms with Crippen LogP contribution in [-0.4, -0.2) is 82.9 Å². The highest BCUT2D eigenvalue weighted by atomic mass is 35.5. The van der Waals surface area contributed by atoms with Crippen molar-refractivity contribution >= 4 is 146 Å². The third-order valence-electron chi connectivity index (χ3n) is 17.7. The first-order valence-electron chi connectivity index (χ1n) is 32.4. The molecule has 10 aromatic rings. The maximum Gasteiger partial charge on any atom is 0.220 e. The fourth-order valence-corrected chi connectivity index (χ4v) is 16.8. The molecule has 0 spiro atoms. The molecule has 5 aromatic carbocycles. The number of halogens is 10. The lowest BCUT2D eigenvalue weighted by Crippen LogP contribution is -2.12. The Bertz CT molecular complexity index is 4840. The molecule has 30 heteroatoms. The van der Waals surface area contributed by atoms with E-state index in [1.807, 2.05) is 39.0 Å². The first-order chi connectivity index (χ1) is 48.5. The molecule has 101 heavy (non-hydrogen) atoms. The molecule has 0 atom stereocenters. The predicted octanol–water partition coefficient (Wildman–Crippen LogP) is 17.4. The number of ether oxygens (including phenoxy) is 5. The molecule has 0 fully saturated rings. The lowest BCUT2D eigenvalue weighted by atomic mass is 9.90. The van der Waals surface area contributed by atoms with Gasteiger partial charge in [-0.2, -0.15) is 0 Å². The van der Waals surface area contributed by atoms with E-state index in [0.717, 1.165) is 202 Å². The summed E-state index contributed by atoms with van der Waals surface area (Å²) in [6.45, 7) is 8.77. The van der Waals surface area contributed by atoms with E-state index < -0.39 is 0 Å². The third kappa shape index (κ3) is 14.9. The van der Waals surface area contributed by atoms with Crippen LogP contribution in [0.3, 0.4) is 0 Å². The minimum atomic E-state index is 0.230. The van der Waals surface area contributed by atoms with Crippen molar-refractivity contribution in [1.82, 2.24) is 49.8 Å². The molecule has 5 aliphatic heterocycles. The number of anilines is 5. The number of nitrogens with two attached hydrogens (primary N) is 5.